The Hall–Kier alpha value is -1.60. The van der Waals surface area contributed by atoms with Gasteiger partial charge < -0.3 is 9.67 Å². The van der Waals surface area contributed by atoms with Crippen LogP contribution in [0.5, 0.6) is 0 Å². The molecule has 0 radical (unpaired) electrons. The van der Waals surface area contributed by atoms with Crippen molar-refractivity contribution in [2.45, 2.75) is 37.4 Å². The average molecular weight is 336 g/mol. The van der Waals surface area contributed by atoms with Gasteiger partial charge in [-0.3, -0.25) is 9.59 Å². The van der Waals surface area contributed by atoms with E-state index >= 15 is 0 Å². The Kier molecular flexibility index (Phi) is 4.35. The highest BCUT2D eigenvalue weighted by atomic mass is 32.2. The van der Waals surface area contributed by atoms with Crippen molar-refractivity contribution in [2.24, 2.45) is 0 Å². The second-order valence-electron chi connectivity index (χ2n) is 5.17. The fourth-order valence-electron chi connectivity index (χ4n) is 2.69. The fourth-order valence-corrected chi connectivity index (χ4v) is 4.78. The molecule has 7 heteroatoms. The molecule has 116 valence electrons. The lowest BCUT2D eigenvalue weighted by Gasteiger charge is -2.13. The monoisotopic (exact) mass is 336 g/mol. The fraction of sp³-hybridized carbons (Fsp3) is 0.400. The standard InChI is InChI=1S/C15H16N2O3S2/c1-2-7-17-14-12(16-15(17)21-8-11(18)19)13(20)9-5-3-4-6-10(9)22-14/h2H,1,3-8H2,(H,18,19). The van der Waals surface area contributed by atoms with E-state index in [4.69, 9.17) is 5.11 Å². The molecule has 0 atom stereocenters. The van der Waals surface area contributed by atoms with E-state index in [1.54, 1.807) is 17.4 Å². The molecule has 0 bridgehead atoms. The first-order chi connectivity index (χ1) is 10.6. The van der Waals surface area contributed by atoms with Gasteiger partial charge in [0.25, 0.3) is 0 Å². The second kappa shape index (κ2) is 6.26. The van der Waals surface area contributed by atoms with E-state index in [1.807, 2.05) is 4.57 Å². The zero-order valence-corrected chi connectivity index (χ0v) is 13.6. The molecule has 0 aliphatic heterocycles. The molecule has 1 aliphatic carbocycles. The quantitative estimate of drug-likeness (QED) is 0.671. The highest BCUT2D eigenvalue weighted by Crippen LogP contribution is 2.31. The summed E-state index contributed by atoms with van der Waals surface area (Å²) in [6, 6.07) is 0. The molecule has 0 saturated heterocycles. The largest absolute Gasteiger partial charge is 0.481 e. The molecule has 1 N–H and O–H groups in total. The highest BCUT2D eigenvalue weighted by molar-refractivity contribution is 7.99. The Morgan fingerprint density at radius 3 is 2.95 bits per heavy atom. The van der Waals surface area contributed by atoms with E-state index < -0.39 is 5.97 Å². The summed E-state index contributed by atoms with van der Waals surface area (Å²) < 4.78 is 1.90. The smallest absolute Gasteiger partial charge is 0.313 e. The SMILES string of the molecule is C=CCn1c(SCC(=O)O)nc2c(=O)c3c(sc21)CCCC3. The first-order valence-corrected chi connectivity index (χ1v) is 8.92. The van der Waals surface area contributed by atoms with Gasteiger partial charge in [0, 0.05) is 17.0 Å². The van der Waals surface area contributed by atoms with Crippen LogP contribution in [0.15, 0.2) is 22.6 Å². The van der Waals surface area contributed by atoms with Crippen LogP contribution in [0.1, 0.15) is 23.3 Å². The number of hydrogen-bond donors (Lipinski definition) is 1. The van der Waals surface area contributed by atoms with Gasteiger partial charge in [-0.25, -0.2) is 4.98 Å². The molecule has 0 fully saturated rings. The van der Waals surface area contributed by atoms with E-state index in [1.165, 1.54) is 0 Å². The van der Waals surface area contributed by atoms with Crippen molar-refractivity contribution in [3.05, 3.63) is 33.3 Å². The summed E-state index contributed by atoms with van der Waals surface area (Å²) in [6.07, 6.45) is 5.68. The van der Waals surface area contributed by atoms with E-state index in [2.05, 4.69) is 11.6 Å². The minimum absolute atomic E-state index is 0.0171. The minimum atomic E-state index is -0.896. The number of fused-ring (bicyclic) bond motifs is 2. The lowest BCUT2D eigenvalue weighted by molar-refractivity contribution is -0.133. The molecule has 0 unspecified atom stereocenters. The molecule has 2 aromatic heterocycles. The van der Waals surface area contributed by atoms with Gasteiger partial charge in [0.2, 0.25) is 5.43 Å². The molecule has 3 rings (SSSR count). The molecule has 2 heterocycles. The third kappa shape index (κ3) is 2.70. The first kappa shape index (κ1) is 15.3. The summed E-state index contributed by atoms with van der Waals surface area (Å²) >= 11 is 2.76. The van der Waals surface area contributed by atoms with Crippen molar-refractivity contribution < 1.29 is 9.90 Å². The topological polar surface area (TPSA) is 72.2 Å². The van der Waals surface area contributed by atoms with Crippen LogP contribution in [0, 0.1) is 0 Å². The predicted molar refractivity (Wildman–Crippen MR) is 89.1 cm³/mol. The predicted octanol–water partition coefficient (Wildman–Crippen LogP) is 2.70. The molecule has 22 heavy (non-hydrogen) atoms. The molecular formula is C15H16N2O3S2. The van der Waals surface area contributed by atoms with Gasteiger partial charge >= 0.3 is 5.97 Å². The number of imidazole rings is 1. The van der Waals surface area contributed by atoms with Crippen molar-refractivity contribution in [3.8, 4) is 0 Å². The summed E-state index contributed by atoms with van der Waals surface area (Å²) in [6.45, 7) is 4.26. The third-order valence-electron chi connectivity index (χ3n) is 3.65. The number of carbonyl (C=O) groups is 1. The van der Waals surface area contributed by atoms with Crippen molar-refractivity contribution in [3.63, 3.8) is 0 Å². The normalized spacial score (nSPS) is 14.0. The van der Waals surface area contributed by atoms with Gasteiger partial charge in [0.15, 0.2) is 5.16 Å². The molecule has 1 aliphatic rings. The van der Waals surface area contributed by atoms with Crippen LogP contribution >= 0.6 is 23.1 Å². The van der Waals surface area contributed by atoms with Gasteiger partial charge in [-0.1, -0.05) is 17.8 Å². The van der Waals surface area contributed by atoms with Crippen LogP contribution < -0.4 is 5.43 Å². The van der Waals surface area contributed by atoms with Gasteiger partial charge in [-0.2, -0.15) is 0 Å². The number of carboxylic acids is 1. The number of thioether (sulfide) groups is 1. The number of allylic oxidation sites excluding steroid dienone is 1. The Morgan fingerprint density at radius 2 is 2.23 bits per heavy atom. The van der Waals surface area contributed by atoms with Crippen molar-refractivity contribution in [2.75, 3.05) is 5.75 Å². The molecule has 2 aromatic rings. The van der Waals surface area contributed by atoms with Crippen LogP contribution in [0.25, 0.3) is 10.3 Å². The summed E-state index contributed by atoms with van der Waals surface area (Å²) in [5.74, 6) is -0.966. The van der Waals surface area contributed by atoms with Crippen LogP contribution in [-0.2, 0) is 24.2 Å². The maximum atomic E-state index is 12.7. The molecule has 0 aromatic carbocycles. The molecule has 5 nitrogen and oxygen atoms in total. The lowest BCUT2D eigenvalue weighted by Crippen LogP contribution is -2.15. The number of carboxylic acid groups (broad SMARTS) is 1. The first-order valence-electron chi connectivity index (χ1n) is 7.12. The summed E-state index contributed by atoms with van der Waals surface area (Å²) in [7, 11) is 0. The Balaban J connectivity index is 2.18. The maximum absolute atomic E-state index is 12.7. The number of aryl methyl sites for hydroxylation is 1. The molecule has 0 spiro atoms. The van der Waals surface area contributed by atoms with E-state index in [0.717, 1.165) is 52.7 Å². The second-order valence-corrected chi connectivity index (χ2v) is 7.20. The Morgan fingerprint density at radius 1 is 1.45 bits per heavy atom. The average Bonchev–Trinajstić information content (AvgIpc) is 2.84. The van der Waals surface area contributed by atoms with E-state index in [9.17, 15) is 9.59 Å². The molecule has 0 saturated carbocycles. The molecular weight excluding hydrogens is 320 g/mol. The Labute approximate surface area is 135 Å². The zero-order chi connectivity index (χ0) is 15.7. The summed E-state index contributed by atoms with van der Waals surface area (Å²) in [4.78, 5) is 29.9. The lowest BCUT2D eigenvalue weighted by atomic mass is 9.98. The number of aromatic nitrogens is 2. The van der Waals surface area contributed by atoms with E-state index in [0.29, 0.717) is 17.2 Å². The van der Waals surface area contributed by atoms with Gasteiger partial charge in [-0.15, -0.1) is 17.9 Å². The number of hydrogen-bond acceptors (Lipinski definition) is 5. The van der Waals surface area contributed by atoms with Gasteiger partial charge in [0.05, 0.1) is 5.75 Å². The third-order valence-corrected chi connectivity index (χ3v) is 5.91. The summed E-state index contributed by atoms with van der Waals surface area (Å²) in [5.41, 5.74) is 1.39. The van der Waals surface area contributed by atoms with Crippen LogP contribution in [0.2, 0.25) is 0 Å². The summed E-state index contributed by atoms with van der Waals surface area (Å²) in [5, 5.41) is 9.44. The van der Waals surface area contributed by atoms with Crippen LogP contribution in [-0.4, -0.2) is 26.4 Å². The molecule has 0 amide bonds. The Bertz CT molecular complexity index is 807. The number of aliphatic carboxylic acids is 1. The number of nitrogens with zero attached hydrogens (tertiary/aromatic N) is 2. The zero-order valence-electron chi connectivity index (χ0n) is 12.0. The maximum Gasteiger partial charge on any atom is 0.313 e. The van der Waals surface area contributed by atoms with E-state index in [-0.39, 0.29) is 11.2 Å². The van der Waals surface area contributed by atoms with Crippen molar-refractivity contribution in [1.29, 1.82) is 0 Å². The van der Waals surface area contributed by atoms with Crippen LogP contribution in [0.4, 0.5) is 0 Å². The highest BCUT2D eigenvalue weighted by Gasteiger charge is 2.21. The number of rotatable bonds is 5. The van der Waals surface area contributed by atoms with Crippen molar-refractivity contribution in [1.82, 2.24) is 9.55 Å². The van der Waals surface area contributed by atoms with Crippen LogP contribution in [0.3, 0.4) is 0 Å². The minimum Gasteiger partial charge on any atom is -0.481 e. The van der Waals surface area contributed by atoms with Crippen molar-refractivity contribution >= 4 is 39.4 Å². The van der Waals surface area contributed by atoms with Gasteiger partial charge in [-0.05, 0) is 25.7 Å². The van der Waals surface area contributed by atoms with Gasteiger partial charge in [0.1, 0.15) is 10.3 Å².